The van der Waals surface area contributed by atoms with Crippen LogP contribution in [0.2, 0.25) is 0 Å². The smallest absolute Gasteiger partial charge is 0.0825 e. The molecule has 0 unspecified atom stereocenters. The Hall–Kier alpha value is -1.30. The van der Waals surface area contributed by atoms with Crippen LogP contribution in [0.5, 0.6) is 0 Å². The molecular formula is C13H20BrN5. The van der Waals surface area contributed by atoms with Gasteiger partial charge in [-0.2, -0.15) is 10.2 Å². The molecule has 0 saturated carbocycles. The maximum Gasteiger partial charge on any atom is 0.0825 e. The highest BCUT2D eigenvalue weighted by Gasteiger charge is 2.14. The number of aryl methyl sites for hydroxylation is 4. The van der Waals surface area contributed by atoms with Crippen LogP contribution in [0.15, 0.2) is 10.7 Å². The topological polar surface area (TPSA) is 47.7 Å². The maximum absolute atomic E-state index is 4.60. The van der Waals surface area contributed by atoms with Crippen LogP contribution < -0.4 is 5.32 Å². The van der Waals surface area contributed by atoms with Crippen molar-refractivity contribution in [3.05, 3.63) is 27.8 Å². The van der Waals surface area contributed by atoms with Gasteiger partial charge in [0.05, 0.1) is 33.8 Å². The van der Waals surface area contributed by atoms with Gasteiger partial charge in [0.1, 0.15) is 0 Å². The van der Waals surface area contributed by atoms with Crippen LogP contribution in [0.1, 0.15) is 30.9 Å². The lowest BCUT2D eigenvalue weighted by molar-refractivity contribution is 0.619. The van der Waals surface area contributed by atoms with Gasteiger partial charge in [0.25, 0.3) is 0 Å². The zero-order valence-corrected chi connectivity index (χ0v) is 13.5. The first-order valence-electron chi connectivity index (χ1n) is 6.54. The van der Waals surface area contributed by atoms with E-state index >= 15 is 0 Å². The maximum atomic E-state index is 4.60. The summed E-state index contributed by atoms with van der Waals surface area (Å²) in [7, 11) is 1.93. The molecule has 0 amide bonds. The summed E-state index contributed by atoms with van der Waals surface area (Å²) in [6, 6.07) is 0. The zero-order chi connectivity index (χ0) is 14.0. The summed E-state index contributed by atoms with van der Waals surface area (Å²) in [6.07, 6.45) is 2.93. The van der Waals surface area contributed by atoms with E-state index in [0.29, 0.717) is 0 Å². The standard InChI is InChI=1S/C13H20BrN5/c1-5-10-13(14)12(19(6-2)17-10)7-15-11-8-18(4)16-9(11)3/h8,15H,5-7H2,1-4H3. The second-order valence-corrected chi connectivity index (χ2v) is 5.33. The molecule has 104 valence electrons. The van der Waals surface area contributed by atoms with Crippen LogP contribution >= 0.6 is 15.9 Å². The van der Waals surface area contributed by atoms with Gasteiger partial charge < -0.3 is 5.32 Å². The molecule has 2 aromatic heterocycles. The van der Waals surface area contributed by atoms with Crippen molar-refractivity contribution in [1.29, 1.82) is 0 Å². The average Bonchev–Trinajstić information content (AvgIpc) is 2.86. The number of anilines is 1. The number of nitrogens with zero attached hydrogens (tertiary/aromatic N) is 4. The Morgan fingerprint density at radius 1 is 1.32 bits per heavy atom. The number of halogens is 1. The first kappa shape index (κ1) is 14.1. The molecule has 6 heteroatoms. The van der Waals surface area contributed by atoms with E-state index in [9.17, 15) is 0 Å². The Bertz CT molecular complexity index is 570. The fraction of sp³-hybridized carbons (Fsp3) is 0.538. The summed E-state index contributed by atoms with van der Waals surface area (Å²) in [5, 5.41) is 12.4. The lowest BCUT2D eigenvalue weighted by Crippen LogP contribution is -2.08. The summed E-state index contributed by atoms with van der Waals surface area (Å²) >= 11 is 3.66. The van der Waals surface area contributed by atoms with Crippen LogP contribution in [0.3, 0.4) is 0 Å². The van der Waals surface area contributed by atoms with Crippen molar-refractivity contribution < 1.29 is 0 Å². The van der Waals surface area contributed by atoms with Crippen molar-refractivity contribution in [2.24, 2.45) is 7.05 Å². The number of nitrogens with one attached hydrogen (secondary N) is 1. The number of rotatable bonds is 5. The van der Waals surface area contributed by atoms with Gasteiger partial charge in [-0.15, -0.1) is 0 Å². The normalized spacial score (nSPS) is 11.0. The average molecular weight is 326 g/mol. The highest BCUT2D eigenvalue weighted by atomic mass is 79.9. The molecule has 0 aliphatic carbocycles. The quantitative estimate of drug-likeness (QED) is 0.919. The van der Waals surface area contributed by atoms with Crippen LogP contribution in [-0.4, -0.2) is 19.6 Å². The van der Waals surface area contributed by atoms with E-state index < -0.39 is 0 Å². The Morgan fingerprint density at radius 2 is 2.05 bits per heavy atom. The fourth-order valence-corrected chi connectivity index (χ4v) is 2.84. The minimum absolute atomic E-state index is 0.744. The highest BCUT2D eigenvalue weighted by molar-refractivity contribution is 9.10. The molecule has 0 spiro atoms. The molecule has 0 fully saturated rings. The summed E-state index contributed by atoms with van der Waals surface area (Å²) in [5.41, 5.74) is 4.37. The van der Waals surface area contributed by atoms with Crippen LogP contribution in [0.4, 0.5) is 5.69 Å². The highest BCUT2D eigenvalue weighted by Crippen LogP contribution is 2.23. The van der Waals surface area contributed by atoms with Gasteiger partial charge in [-0.05, 0) is 36.2 Å². The van der Waals surface area contributed by atoms with Gasteiger partial charge in [0.15, 0.2) is 0 Å². The minimum Gasteiger partial charge on any atom is -0.377 e. The molecule has 0 radical (unpaired) electrons. The molecular weight excluding hydrogens is 306 g/mol. The summed E-state index contributed by atoms with van der Waals surface area (Å²) in [4.78, 5) is 0. The van der Waals surface area contributed by atoms with Crippen molar-refractivity contribution >= 4 is 21.6 Å². The van der Waals surface area contributed by atoms with Gasteiger partial charge in [0.2, 0.25) is 0 Å². The lowest BCUT2D eigenvalue weighted by atomic mass is 10.3. The Balaban J connectivity index is 2.19. The molecule has 2 aromatic rings. The van der Waals surface area contributed by atoms with Gasteiger partial charge in [-0.3, -0.25) is 9.36 Å². The minimum atomic E-state index is 0.744. The lowest BCUT2D eigenvalue weighted by Gasteiger charge is -2.07. The summed E-state index contributed by atoms with van der Waals surface area (Å²) in [6.45, 7) is 7.86. The second kappa shape index (κ2) is 5.77. The Kier molecular flexibility index (Phi) is 4.29. The molecule has 0 aromatic carbocycles. The molecule has 0 aliphatic rings. The third kappa shape index (κ3) is 2.83. The largest absolute Gasteiger partial charge is 0.377 e. The monoisotopic (exact) mass is 325 g/mol. The number of aromatic nitrogens is 4. The van der Waals surface area contributed by atoms with Gasteiger partial charge in [-0.25, -0.2) is 0 Å². The van der Waals surface area contributed by atoms with E-state index in [1.807, 2.05) is 29.5 Å². The summed E-state index contributed by atoms with van der Waals surface area (Å²) in [5.74, 6) is 0. The van der Waals surface area contributed by atoms with E-state index in [2.05, 4.69) is 45.3 Å². The van der Waals surface area contributed by atoms with E-state index in [0.717, 1.165) is 41.1 Å². The fourth-order valence-electron chi connectivity index (χ4n) is 2.14. The van der Waals surface area contributed by atoms with E-state index in [4.69, 9.17) is 0 Å². The molecule has 1 N–H and O–H groups in total. The van der Waals surface area contributed by atoms with Gasteiger partial charge >= 0.3 is 0 Å². The third-order valence-electron chi connectivity index (χ3n) is 3.15. The molecule has 0 aliphatic heterocycles. The predicted octanol–water partition coefficient (Wildman–Crippen LogP) is 2.88. The SMILES string of the molecule is CCc1nn(CC)c(CNc2cn(C)nc2C)c1Br. The van der Waals surface area contributed by atoms with Crippen molar-refractivity contribution in [2.45, 2.75) is 40.3 Å². The molecule has 2 rings (SSSR count). The van der Waals surface area contributed by atoms with Crippen molar-refractivity contribution in [1.82, 2.24) is 19.6 Å². The molecule has 0 bridgehead atoms. The Morgan fingerprint density at radius 3 is 2.58 bits per heavy atom. The van der Waals surface area contributed by atoms with E-state index in [-0.39, 0.29) is 0 Å². The number of hydrogen-bond acceptors (Lipinski definition) is 3. The molecule has 2 heterocycles. The van der Waals surface area contributed by atoms with Crippen molar-refractivity contribution in [3.63, 3.8) is 0 Å². The van der Waals surface area contributed by atoms with Gasteiger partial charge in [-0.1, -0.05) is 6.92 Å². The third-order valence-corrected chi connectivity index (χ3v) is 4.07. The van der Waals surface area contributed by atoms with Crippen LogP contribution in [0, 0.1) is 6.92 Å². The predicted molar refractivity (Wildman–Crippen MR) is 80.3 cm³/mol. The molecule has 0 saturated heterocycles. The first-order chi connectivity index (χ1) is 9.06. The molecule has 0 atom stereocenters. The van der Waals surface area contributed by atoms with Crippen molar-refractivity contribution in [3.8, 4) is 0 Å². The van der Waals surface area contributed by atoms with Gasteiger partial charge in [0, 0.05) is 19.8 Å². The molecule has 19 heavy (non-hydrogen) atoms. The summed E-state index contributed by atoms with van der Waals surface area (Å²) < 4.78 is 4.98. The van der Waals surface area contributed by atoms with Crippen molar-refractivity contribution in [2.75, 3.05) is 5.32 Å². The zero-order valence-electron chi connectivity index (χ0n) is 11.9. The van der Waals surface area contributed by atoms with Crippen LogP contribution in [0.25, 0.3) is 0 Å². The van der Waals surface area contributed by atoms with Crippen LogP contribution in [-0.2, 0) is 26.6 Å². The number of hydrogen-bond donors (Lipinski definition) is 1. The Labute approximate surface area is 122 Å². The van der Waals surface area contributed by atoms with E-state index in [1.54, 1.807) is 0 Å². The first-order valence-corrected chi connectivity index (χ1v) is 7.34. The van der Waals surface area contributed by atoms with E-state index in [1.165, 1.54) is 5.69 Å². The second-order valence-electron chi connectivity index (χ2n) is 4.53. The molecule has 5 nitrogen and oxygen atoms in total.